The van der Waals surface area contributed by atoms with Gasteiger partial charge in [0.15, 0.2) is 0 Å². The van der Waals surface area contributed by atoms with Crippen LogP contribution in [-0.4, -0.2) is 10.9 Å². The minimum Gasteiger partial charge on any atom is -0.251 e. The molecule has 1 heterocycles. The average Bonchev–Trinajstić information content (AvgIpc) is 2.18. The Balaban J connectivity index is 2.73. The first-order valence-electron chi connectivity index (χ1n) is 4.30. The van der Waals surface area contributed by atoms with E-state index in [0.29, 0.717) is 17.9 Å². The third kappa shape index (κ3) is 3.91. The zero-order valence-electron chi connectivity index (χ0n) is 7.76. The van der Waals surface area contributed by atoms with Gasteiger partial charge in [0.2, 0.25) is 0 Å². The van der Waals surface area contributed by atoms with Crippen molar-refractivity contribution < 1.29 is 13.2 Å². The van der Waals surface area contributed by atoms with Gasteiger partial charge in [0.25, 0.3) is 0 Å². The molecular weight excluding hydrogens is 227 g/mol. The van der Waals surface area contributed by atoms with Crippen LogP contribution in [0.1, 0.15) is 17.7 Å². The van der Waals surface area contributed by atoms with Gasteiger partial charge in [-0.1, -0.05) is 18.2 Å². The zero-order chi connectivity index (χ0) is 11.3. The van der Waals surface area contributed by atoms with Gasteiger partial charge in [-0.25, -0.2) is 0 Å². The lowest BCUT2D eigenvalue weighted by Gasteiger charge is -2.04. The second-order valence-corrected chi connectivity index (χ2v) is 3.23. The van der Waals surface area contributed by atoms with Gasteiger partial charge in [-0.15, -0.1) is 11.6 Å². The van der Waals surface area contributed by atoms with Crippen LogP contribution in [0.25, 0.3) is 6.08 Å². The third-order valence-electron chi connectivity index (χ3n) is 1.66. The number of pyridine rings is 1. The molecule has 0 bridgehead atoms. The summed E-state index contributed by atoms with van der Waals surface area (Å²) < 4.78 is 36.4. The molecule has 1 aromatic rings. The Morgan fingerprint density at radius 3 is 2.53 bits per heavy atom. The summed E-state index contributed by atoms with van der Waals surface area (Å²) in [4.78, 5) is 3.32. The maximum atomic E-state index is 12.1. The fourth-order valence-corrected chi connectivity index (χ4v) is 1.08. The van der Waals surface area contributed by atoms with Crippen LogP contribution in [0, 0.1) is 0 Å². The predicted octanol–water partition coefficient (Wildman–Crippen LogP) is 3.74. The second kappa shape index (κ2) is 5.16. The van der Waals surface area contributed by atoms with E-state index < -0.39 is 11.9 Å². The smallest absolute Gasteiger partial charge is 0.251 e. The minimum atomic E-state index is -4.38. The Kier molecular flexibility index (Phi) is 4.15. The molecule has 0 aliphatic heterocycles. The first-order valence-corrected chi connectivity index (χ1v) is 4.83. The number of nitrogens with zero attached hydrogens (tertiary/aromatic N) is 1. The summed E-state index contributed by atoms with van der Waals surface area (Å²) in [5, 5.41) is 0. The van der Waals surface area contributed by atoms with Gasteiger partial charge < -0.3 is 0 Å². The van der Waals surface area contributed by atoms with Crippen molar-refractivity contribution in [2.24, 2.45) is 0 Å². The number of hydrogen-bond acceptors (Lipinski definition) is 1. The monoisotopic (exact) mass is 235 g/mol. The van der Waals surface area contributed by atoms with E-state index in [2.05, 4.69) is 4.98 Å². The van der Waals surface area contributed by atoms with Gasteiger partial charge in [-0.3, -0.25) is 4.98 Å². The molecular formula is C10H9ClF3N. The molecule has 0 atom stereocenters. The summed E-state index contributed by atoms with van der Waals surface area (Å²) in [6.45, 7) is 0. The van der Waals surface area contributed by atoms with Crippen LogP contribution in [-0.2, 0) is 6.18 Å². The first kappa shape index (κ1) is 12.0. The number of alkyl halides is 4. The summed E-state index contributed by atoms with van der Waals surface area (Å²) in [5.41, 5.74) is -0.245. The number of halogens is 4. The van der Waals surface area contributed by atoms with Gasteiger partial charge in [0.1, 0.15) is 5.69 Å². The zero-order valence-corrected chi connectivity index (χ0v) is 8.52. The average molecular weight is 236 g/mol. The van der Waals surface area contributed by atoms with Gasteiger partial charge >= 0.3 is 6.18 Å². The molecule has 0 radical (unpaired) electrons. The van der Waals surface area contributed by atoms with Gasteiger partial charge in [0, 0.05) is 12.1 Å². The molecule has 0 aliphatic carbocycles. The molecule has 1 rings (SSSR count). The van der Waals surface area contributed by atoms with E-state index in [1.165, 1.54) is 12.3 Å². The van der Waals surface area contributed by atoms with Crippen molar-refractivity contribution in [1.82, 2.24) is 4.98 Å². The van der Waals surface area contributed by atoms with E-state index >= 15 is 0 Å². The Morgan fingerprint density at radius 2 is 2.07 bits per heavy atom. The molecule has 0 saturated carbocycles. The highest BCUT2D eigenvalue weighted by Crippen LogP contribution is 2.27. The van der Waals surface area contributed by atoms with Crippen LogP contribution in [0.4, 0.5) is 13.2 Å². The Bertz CT molecular complexity index is 330. The highest BCUT2D eigenvalue weighted by atomic mass is 35.5. The topological polar surface area (TPSA) is 12.9 Å². The molecule has 0 spiro atoms. The Morgan fingerprint density at radius 1 is 1.33 bits per heavy atom. The molecule has 5 heteroatoms. The Labute approximate surface area is 90.6 Å². The van der Waals surface area contributed by atoms with Crippen LogP contribution in [0.3, 0.4) is 0 Å². The number of hydrogen-bond donors (Lipinski definition) is 0. The molecule has 0 N–H and O–H groups in total. The van der Waals surface area contributed by atoms with Crippen molar-refractivity contribution in [3.63, 3.8) is 0 Å². The van der Waals surface area contributed by atoms with E-state index in [4.69, 9.17) is 11.6 Å². The van der Waals surface area contributed by atoms with Crippen LogP contribution in [0.5, 0.6) is 0 Å². The first-order chi connectivity index (χ1) is 7.04. The van der Waals surface area contributed by atoms with Crippen molar-refractivity contribution >= 4 is 17.7 Å². The van der Waals surface area contributed by atoms with Crippen LogP contribution in [0.2, 0.25) is 0 Å². The molecule has 0 aliphatic rings. The predicted molar refractivity (Wildman–Crippen MR) is 53.6 cm³/mol. The van der Waals surface area contributed by atoms with E-state index in [1.54, 1.807) is 12.2 Å². The normalized spacial score (nSPS) is 12.3. The molecule has 0 saturated heterocycles. The number of allylic oxidation sites excluding steroid dienone is 1. The fraction of sp³-hybridized carbons (Fsp3) is 0.300. The SMILES string of the molecule is FC(F)(F)c1ccc(C=CCCCl)cn1. The van der Waals surface area contributed by atoms with Crippen molar-refractivity contribution in [3.05, 3.63) is 35.7 Å². The van der Waals surface area contributed by atoms with E-state index in [9.17, 15) is 13.2 Å². The number of rotatable bonds is 3. The molecule has 1 nitrogen and oxygen atoms in total. The van der Waals surface area contributed by atoms with Crippen LogP contribution < -0.4 is 0 Å². The van der Waals surface area contributed by atoms with Gasteiger partial charge in [-0.05, 0) is 18.1 Å². The lowest BCUT2D eigenvalue weighted by molar-refractivity contribution is -0.141. The largest absolute Gasteiger partial charge is 0.433 e. The summed E-state index contributed by atoms with van der Waals surface area (Å²) in [6, 6.07) is 2.33. The fourth-order valence-electron chi connectivity index (χ4n) is 0.954. The summed E-state index contributed by atoms with van der Waals surface area (Å²) in [7, 11) is 0. The molecule has 15 heavy (non-hydrogen) atoms. The van der Waals surface area contributed by atoms with Crippen LogP contribution >= 0.6 is 11.6 Å². The van der Waals surface area contributed by atoms with Crippen LogP contribution in [0.15, 0.2) is 24.4 Å². The quantitative estimate of drug-likeness (QED) is 0.728. The van der Waals surface area contributed by atoms with Crippen molar-refractivity contribution in [1.29, 1.82) is 0 Å². The van der Waals surface area contributed by atoms with Gasteiger partial charge in [0.05, 0.1) is 0 Å². The minimum absolute atomic E-state index is 0.491. The molecule has 0 amide bonds. The summed E-state index contributed by atoms with van der Waals surface area (Å²) >= 11 is 5.44. The maximum Gasteiger partial charge on any atom is 0.433 e. The molecule has 1 aromatic heterocycles. The molecule has 82 valence electrons. The second-order valence-electron chi connectivity index (χ2n) is 2.85. The maximum absolute atomic E-state index is 12.1. The summed E-state index contributed by atoms with van der Waals surface area (Å²) in [5.74, 6) is 0.491. The van der Waals surface area contributed by atoms with Crippen molar-refractivity contribution in [2.45, 2.75) is 12.6 Å². The molecule has 0 aromatic carbocycles. The Hall–Kier alpha value is -1.03. The van der Waals surface area contributed by atoms with Gasteiger partial charge in [-0.2, -0.15) is 13.2 Å². The third-order valence-corrected chi connectivity index (χ3v) is 1.88. The molecule has 0 unspecified atom stereocenters. The standard InChI is InChI=1S/C10H9ClF3N/c11-6-2-1-3-8-4-5-9(15-7-8)10(12,13)14/h1,3-5,7H,2,6H2. The summed E-state index contributed by atoms with van der Waals surface area (Å²) in [6.07, 6.45) is 0.974. The van der Waals surface area contributed by atoms with E-state index in [1.807, 2.05) is 0 Å². The highest BCUT2D eigenvalue weighted by molar-refractivity contribution is 6.17. The molecule has 0 fully saturated rings. The van der Waals surface area contributed by atoms with E-state index in [-0.39, 0.29) is 0 Å². The lowest BCUT2D eigenvalue weighted by atomic mass is 10.2. The number of aromatic nitrogens is 1. The van der Waals surface area contributed by atoms with Crippen molar-refractivity contribution in [3.8, 4) is 0 Å². The van der Waals surface area contributed by atoms with E-state index in [0.717, 1.165) is 6.07 Å². The highest BCUT2D eigenvalue weighted by Gasteiger charge is 2.31. The van der Waals surface area contributed by atoms with Crippen molar-refractivity contribution in [2.75, 3.05) is 5.88 Å². The lowest BCUT2D eigenvalue weighted by Crippen LogP contribution is -2.07.